The first-order valence-corrected chi connectivity index (χ1v) is 9.75. The summed E-state index contributed by atoms with van der Waals surface area (Å²) in [4.78, 5) is 0. The summed E-state index contributed by atoms with van der Waals surface area (Å²) in [6, 6.07) is 1.94. The molecule has 2 aliphatic heterocycles. The molecule has 25 heavy (non-hydrogen) atoms. The van der Waals surface area contributed by atoms with E-state index >= 15 is 0 Å². The molecule has 5 heteroatoms. The van der Waals surface area contributed by atoms with Gasteiger partial charge in [-0.2, -0.15) is 10.2 Å². The van der Waals surface area contributed by atoms with Gasteiger partial charge in [0.15, 0.2) is 0 Å². The summed E-state index contributed by atoms with van der Waals surface area (Å²) in [5.74, 6) is 0. The summed E-state index contributed by atoms with van der Waals surface area (Å²) in [6.45, 7) is 15.8. The van der Waals surface area contributed by atoms with Crippen LogP contribution in [0.2, 0.25) is 0 Å². The van der Waals surface area contributed by atoms with Gasteiger partial charge in [0.2, 0.25) is 0 Å². The summed E-state index contributed by atoms with van der Waals surface area (Å²) < 4.78 is 16.5. The predicted molar refractivity (Wildman–Crippen MR) is 103 cm³/mol. The SMILES string of the molecule is CC.CC.Cc1cc2n(n1)CC(F)C2.Cc1nn2c(c1C)CCCC2. The fraction of sp³-hybridized carbons (Fsp3) is 0.700. The third kappa shape index (κ3) is 5.41. The molecular weight excluding hydrogens is 315 g/mol. The van der Waals surface area contributed by atoms with Crippen LogP contribution in [0, 0.1) is 20.8 Å². The molecule has 4 rings (SSSR count). The number of halogens is 1. The van der Waals surface area contributed by atoms with Gasteiger partial charge in [-0.05, 0) is 51.7 Å². The van der Waals surface area contributed by atoms with E-state index in [0.29, 0.717) is 13.0 Å². The van der Waals surface area contributed by atoms with E-state index < -0.39 is 6.17 Å². The molecule has 0 bridgehead atoms. The normalized spacial score (nSPS) is 17.0. The van der Waals surface area contributed by atoms with Crippen LogP contribution in [0.25, 0.3) is 0 Å². The minimum absolute atomic E-state index is 0.448. The second kappa shape index (κ2) is 10.4. The van der Waals surface area contributed by atoms with Crippen molar-refractivity contribution >= 4 is 0 Å². The zero-order chi connectivity index (χ0) is 19.0. The number of fused-ring (bicyclic) bond motifs is 2. The van der Waals surface area contributed by atoms with E-state index in [-0.39, 0.29) is 0 Å². The molecule has 0 aliphatic carbocycles. The molecule has 1 unspecified atom stereocenters. The number of nitrogens with zero attached hydrogens (tertiary/aromatic N) is 4. The predicted octanol–water partition coefficient (Wildman–Crippen LogP) is 4.97. The molecule has 4 nitrogen and oxygen atoms in total. The quantitative estimate of drug-likeness (QED) is 0.672. The lowest BCUT2D eigenvalue weighted by Gasteiger charge is -2.13. The Labute approximate surface area is 152 Å². The molecular formula is C20H35FN4. The molecule has 142 valence electrons. The van der Waals surface area contributed by atoms with E-state index in [0.717, 1.165) is 17.9 Å². The van der Waals surface area contributed by atoms with Crippen LogP contribution in [0.15, 0.2) is 6.07 Å². The number of hydrogen-bond acceptors (Lipinski definition) is 2. The third-order valence-corrected chi connectivity index (χ3v) is 4.38. The van der Waals surface area contributed by atoms with E-state index in [4.69, 9.17) is 0 Å². The van der Waals surface area contributed by atoms with E-state index in [9.17, 15) is 4.39 Å². The highest BCUT2D eigenvalue weighted by molar-refractivity contribution is 5.24. The van der Waals surface area contributed by atoms with Crippen molar-refractivity contribution in [3.8, 4) is 0 Å². The van der Waals surface area contributed by atoms with Gasteiger partial charge in [0.05, 0.1) is 17.9 Å². The monoisotopic (exact) mass is 350 g/mol. The molecule has 0 aromatic carbocycles. The Balaban J connectivity index is 0.000000210. The second-order valence-electron chi connectivity index (χ2n) is 6.10. The van der Waals surface area contributed by atoms with Gasteiger partial charge >= 0.3 is 0 Å². The van der Waals surface area contributed by atoms with E-state index in [1.165, 1.54) is 36.2 Å². The van der Waals surface area contributed by atoms with Crippen molar-refractivity contribution in [3.63, 3.8) is 0 Å². The maximum absolute atomic E-state index is 12.6. The average molecular weight is 351 g/mol. The maximum Gasteiger partial charge on any atom is 0.125 e. The van der Waals surface area contributed by atoms with Crippen molar-refractivity contribution in [3.05, 3.63) is 34.4 Å². The van der Waals surface area contributed by atoms with Gasteiger partial charge in [0.1, 0.15) is 6.17 Å². The lowest BCUT2D eigenvalue weighted by Crippen LogP contribution is -2.11. The van der Waals surface area contributed by atoms with Gasteiger partial charge < -0.3 is 0 Å². The highest BCUT2D eigenvalue weighted by Crippen LogP contribution is 2.19. The molecule has 2 aromatic rings. The highest BCUT2D eigenvalue weighted by Gasteiger charge is 2.21. The van der Waals surface area contributed by atoms with Crippen molar-refractivity contribution < 1.29 is 4.39 Å². The van der Waals surface area contributed by atoms with E-state index in [2.05, 4.69) is 28.7 Å². The van der Waals surface area contributed by atoms with Crippen molar-refractivity contribution in [2.75, 3.05) is 0 Å². The van der Waals surface area contributed by atoms with Gasteiger partial charge in [-0.1, -0.05) is 27.7 Å². The van der Waals surface area contributed by atoms with Crippen LogP contribution in [-0.2, 0) is 25.9 Å². The molecule has 0 saturated heterocycles. The number of hydrogen-bond donors (Lipinski definition) is 0. The average Bonchev–Trinajstić information content (AvgIpc) is 3.23. The van der Waals surface area contributed by atoms with Crippen LogP contribution in [0.4, 0.5) is 4.39 Å². The van der Waals surface area contributed by atoms with E-state index in [1.807, 2.05) is 40.7 Å². The van der Waals surface area contributed by atoms with Crippen molar-refractivity contribution in [2.45, 2.75) is 93.4 Å². The summed E-state index contributed by atoms with van der Waals surface area (Å²) in [7, 11) is 0. The van der Waals surface area contributed by atoms with Crippen LogP contribution in [0.5, 0.6) is 0 Å². The van der Waals surface area contributed by atoms with Crippen LogP contribution in [0.3, 0.4) is 0 Å². The van der Waals surface area contributed by atoms with Crippen LogP contribution in [0.1, 0.15) is 68.9 Å². The Kier molecular flexibility index (Phi) is 8.87. The number of rotatable bonds is 0. The van der Waals surface area contributed by atoms with Crippen molar-refractivity contribution in [2.24, 2.45) is 0 Å². The smallest absolute Gasteiger partial charge is 0.125 e. The topological polar surface area (TPSA) is 35.6 Å². The van der Waals surface area contributed by atoms with E-state index in [1.54, 1.807) is 4.68 Å². The largest absolute Gasteiger partial charge is 0.269 e. The third-order valence-electron chi connectivity index (χ3n) is 4.38. The molecule has 0 radical (unpaired) electrons. The second-order valence-corrected chi connectivity index (χ2v) is 6.10. The number of aryl methyl sites for hydroxylation is 3. The Hall–Kier alpha value is -1.65. The molecule has 0 N–H and O–H groups in total. The number of aromatic nitrogens is 4. The summed E-state index contributed by atoms with van der Waals surface area (Å²) in [5.41, 5.74) is 6.10. The van der Waals surface area contributed by atoms with Crippen molar-refractivity contribution in [1.82, 2.24) is 19.6 Å². The molecule has 4 heterocycles. The lowest BCUT2D eigenvalue weighted by molar-refractivity contribution is 0.322. The maximum atomic E-state index is 12.6. The molecule has 0 amide bonds. The van der Waals surface area contributed by atoms with Gasteiger partial charge in [-0.25, -0.2) is 4.39 Å². The Morgan fingerprint density at radius 1 is 1.00 bits per heavy atom. The van der Waals surface area contributed by atoms with Gasteiger partial charge in [0.25, 0.3) is 0 Å². The first kappa shape index (κ1) is 21.4. The van der Waals surface area contributed by atoms with Crippen LogP contribution in [-0.4, -0.2) is 25.7 Å². The number of alkyl halides is 1. The van der Waals surface area contributed by atoms with Gasteiger partial charge in [-0.3, -0.25) is 9.36 Å². The summed E-state index contributed by atoms with van der Waals surface area (Å²) >= 11 is 0. The Bertz CT molecular complexity index is 619. The molecule has 0 spiro atoms. The molecule has 1 atom stereocenters. The minimum Gasteiger partial charge on any atom is -0.269 e. The molecule has 0 saturated carbocycles. The molecule has 2 aromatic heterocycles. The molecule has 0 fully saturated rings. The summed E-state index contributed by atoms with van der Waals surface area (Å²) in [5, 5.41) is 8.59. The fourth-order valence-corrected chi connectivity index (χ4v) is 3.17. The Morgan fingerprint density at radius 2 is 1.68 bits per heavy atom. The standard InChI is InChI=1S/C9H14N2.C7H9FN2.2C2H6/c1-7-8(2)10-11-6-4-3-5-9(7)11;1-5-2-7-3-6(8)4-10(7)9-5;2*1-2/h3-6H2,1-2H3;2,6H,3-4H2,1H3;2*1-2H3. The minimum atomic E-state index is -0.705. The fourth-order valence-electron chi connectivity index (χ4n) is 3.17. The first-order valence-electron chi connectivity index (χ1n) is 9.75. The zero-order valence-electron chi connectivity index (χ0n) is 17.1. The van der Waals surface area contributed by atoms with Crippen LogP contribution < -0.4 is 0 Å². The first-order chi connectivity index (χ1) is 12.0. The van der Waals surface area contributed by atoms with Crippen molar-refractivity contribution in [1.29, 1.82) is 0 Å². The molecule has 2 aliphatic rings. The zero-order valence-corrected chi connectivity index (χ0v) is 17.1. The highest BCUT2D eigenvalue weighted by atomic mass is 19.1. The summed E-state index contributed by atoms with van der Waals surface area (Å²) in [6.07, 6.45) is 3.70. The Morgan fingerprint density at radius 3 is 2.28 bits per heavy atom. The lowest BCUT2D eigenvalue weighted by atomic mass is 10.1. The van der Waals surface area contributed by atoms with Gasteiger partial charge in [0, 0.05) is 24.4 Å². The van der Waals surface area contributed by atoms with Crippen LogP contribution >= 0.6 is 0 Å². The van der Waals surface area contributed by atoms with Gasteiger partial charge in [-0.15, -0.1) is 0 Å².